The summed E-state index contributed by atoms with van der Waals surface area (Å²) in [6.07, 6.45) is 6.46. The van der Waals surface area contributed by atoms with E-state index in [0.717, 1.165) is 18.5 Å². The number of rotatable bonds is 2. The van der Waals surface area contributed by atoms with Crippen LogP contribution in [0.3, 0.4) is 0 Å². The average Bonchev–Trinajstić information content (AvgIpc) is 2.02. The summed E-state index contributed by atoms with van der Waals surface area (Å²) >= 11 is 0. The summed E-state index contributed by atoms with van der Waals surface area (Å²) in [4.78, 5) is 4.04. The highest BCUT2D eigenvalue weighted by Gasteiger charge is 2.25. The van der Waals surface area contributed by atoms with E-state index >= 15 is 0 Å². The molecule has 0 N–H and O–H groups in total. The van der Waals surface area contributed by atoms with Crippen LogP contribution in [-0.4, -0.2) is 6.72 Å². The van der Waals surface area contributed by atoms with Crippen molar-refractivity contribution in [3.8, 4) is 0 Å². The Labute approximate surface area is 74.9 Å². The Morgan fingerprint density at radius 3 is 2.67 bits per heavy atom. The van der Waals surface area contributed by atoms with Crippen LogP contribution in [0.4, 0.5) is 0 Å². The Hall–Kier alpha value is -0.850. The van der Waals surface area contributed by atoms with E-state index in [9.17, 15) is 0 Å². The predicted octanol–water partition coefficient (Wildman–Crippen LogP) is 3.34. The molecule has 0 saturated heterocycles. The molecule has 0 atom stereocenters. The van der Waals surface area contributed by atoms with Gasteiger partial charge in [0.15, 0.2) is 0 Å². The minimum absolute atomic E-state index is 0.278. The van der Waals surface area contributed by atoms with Crippen molar-refractivity contribution in [2.45, 2.75) is 33.6 Å². The smallest absolute Gasteiger partial charge is 0.0616 e. The zero-order chi connectivity index (χ0) is 9.19. The summed E-state index contributed by atoms with van der Waals surface area (Å²) < 4.78 is 0. The molecule has 66 valence electrons. The van der Waals surface area contributed by atoms with Gasteiger partial charge in [-0.3, -0.25) is 4.99 Å². The van der Waals surface area contributed by atoms with Crippen LogP contribution in [0, 0.1) is 5.41 Å². The lowest BCUT2D eigenvalue weighted by Crippen LogP contribution is -2.17. The molecule has 0 spiro atoms. The van der Waals surface area contributed by atoms with Crippen molar-refractivity contribution in [3.63, 3.8) is 0 Å². The van der Waals surface area contributed by atoms with Gasteiger partial charge in [0, 0.05) is 0 Å². The second-order valence-electron chi connectivity index (χ2n) is 3.87. The largest absolute Gasteiger partial charge is 0.265 e. The highest BCUT2D eigenvalue weighted by atomic mass is 14.7. The molecular weight excluding hydrogens is 146 g/mol. The monoisotopic (exact) mass is 163 g/mol. The van der Waals surface area contributed by atoms with E-state index in [0.29, 0.717) is 0 Å². The van der Waals surface area contributed by atoms with Crippen molar-refractivity contribution in [3.05, 3.63) is 23.4 Å². The maximum Gasteiger partial charge on any atom is 0.0616 e. The summed E-state index contributed by atoms with van der Waals surface area (Å²) in [5, 5.41) is 0. The lowest BCUT2D eigenvalue weighted by molar-refractivity contribution is 0.430. The van der Waals surface area contributed by atoms with Crippen LogP contribution in [0.25, 0.3) is 0 Å². The van der Waals surface area contributed by atoms with Crippen molar-refractivity contribution in [2.24, 2.45) is 10.4 Å². The van der Waals surface area contributed by atoms with Crippen LogP contribution >= 0.6 is 0 Å². The van der Waals surface area contributed by atoms with E-state index in [4.69, 9.17) is 0 Å². The molecular formula is C11H17N. The van der Waals surface area contributed by atoms with Gasteiger partial charge in [-0.2, -0.15) is 0 Å². The van der Waals surface area contributed by atoms with Crippen molar-refractivity contribution in [1.29, 1.82) is 0 Å². The van der Waals surface area contributed by atoms with Crippen LogP contribution < -0.4 is 0 Å². The van der Waals surface area contributed by atoms with Gasteiger partial charge in [0.25, 0.3) is 0 Å². The maximum absolute atomic E-state index is 4.04. The molecule has 0 aromatic heterocycles. The van der Waals surface area contributed by atoms with Crippen LogP contribution in [0.15, 0.2) is 28.4 Å². The first-order valence-electron chi connectivity index (χ1n) is 4.48. The Morgan fingerprint density at radius 1 is 1.58 bits per heavy atom. The summed E-state index contributed by atoms with van der Waals surface area (Å²) in [7, 11) is 0. The quantitative estimate of drug-likeness (QED) is 0.554. The van der Waals surface area contributed by atoms with Crippen LogP contribution in [0.5, 0.6) is 0 Å². The maximum atomic E-state index is 4.04. The molecule has 1 nitrogen and oxygen atoms in total. The Morgan fingerprint density at radius 2 is 2.25 bits per heavy atom. The lowest BCUT2D eigenvalue weighted by atomic mass is 9.76. The van der Waals surface area contributed by atoms with Gasteiger partial charge in [0.05, 0.1) is 5.70 Å². The van der Waals surface area contributed by atoms with E-state index in [2.05, 4.69) is 44.6 Å². The minimum Gasteiger partial charge on any atom is -0.265 e. The molecule has 0 bridgehead atoms. The van der Waals surface area contributed by atoms with Crippen LogP contribution in [0.2, 0.25) is 0 Å². The first-order chi connectivity index (χ1) is 5.61. The van der Waals surface area contributed by atoms with Gasteiger partial charge in [0.1, 0.15) is 0 Å². The first kappa shape index (κ1) is 9.24. The summed E-state index contributed by atoms with van der Waals surface area (Å²) in [5.74, 6) is 0. The fourth-order valence-electron chi connectivity index (χ4n) is 1.84. The fourth-order valence-corrected chi connectivity index (χ4v) is 1.84. The number of hydrogen-bond donors (Lipinski definition) is 0. The van der Waals surface area contributed by atoms with E-state index in [1.807, 2.05) is 0 Å². The van der Waals surface area contributed by atoms with E-state index < -0.39 is 0 Å². The van der Waals surface area contributed by atoms with Gasteiger partial charge in [-0.1, -0.05) is 26.8 Å². The molecule has 1 rings (SSSR count). The van der Waals surface area contributed by atoms with Crippen LogP contribution in [0.1, 0.15) is 33.6 Å². The Bertz CT molecular complexity index is 244. The normalized spacial score (nSPS) is 21.2. The number of aliphatic imine (C=N–C) groups is 1. The first-order valence-corrected chi connectivity index (χ1v) is 4.48. The SMILES string of the molecule is C=NC1=C(CC)C(C)(C)CC=C1. The van der Waals surface area contributed by atoms with Crippen molar-refractivity contribution in [2.75, 3.05) is 0 Å². The predicted molar refractivity (Wildman–Crippen MR) is 54.4 cm³/mol. The molecule has 0 saturated carbocycles. The molecule has 0 aromatic rings. The van der Waals surface area contributed by atoms with Gasteiger partial charge >= 0.3 is 0 Å². The van der Waals surface area contributed by atoms with Crippen molar-refractivity contribution in [1.82, 2.24) is 0 Å². The Balaban J connectivity index is 3.10. The highest BCUT2D eigenvalue weighted by Crippen LogP contribution is 2.38. The minimum atomic E-state index is 0.278. The second-order valence-corrected chi connectivity index (χ2v) is 3.87. The molecule has 0 heterocycles. The van der Waals surface area contributed by atoms with Gasteiger partial charge in [-0.05, 0) is 36.6 Å². The summed E-state index contributed by atoms with van der Waals surface area (Å²) in [5.41, 5.74) is 2.79. The number of allylic oxidation sites excluding steroid dienone is 3. The van der Waals surface area contributed by atoms with E-state index in [-0.39, 0.29) is 5.41 Å². The molecule has 0 aliphatic heterocycles. The second kappa shape index (κ2) is 3.26. The van der Waals surface area contributed by atoms with Crippen molar-refractivity contribution < 1.29 is 0 Å². The Kier molecular flexibility index (Phi) is 2.51. The molecule has 0 fully saturated rings. The molecule has 1 aliphatic carbocycles. The average molecular weight is 163 g/mol. The standard InChI is InChI=1S/C11H17N/c1-5-9-10(12-4)7-6-8-11(9,2)3/h6-7H,4-5,8H2,1-3H3. The van der Waals surface area contributed by atoms with Crippen molar-refractivity contribution >= 4 is 6.72 Å². The molecule has 0 unspecified atom stereocenters. The van der Waals surface area contributed by atoms with Gasteiger partial charge in [0.2, 0.25) is 0 Å². The van der Waals surface area contributed by atoms with Crippen LogP contribution in [-0.2, 0) is 0 Å². The summed E-state index contributed by atoms with van der Waals surface area (Å²) in [6.45, 7) is 10.3. The zero-order valence-corrected chi connectivity index (χ0v) is 8.22. The van der Waals surface area contributed by atoms with Gasteiger partial charge < -0.3 is 0 Å². The highest BCUT2D eigenvalue weighted by molar-refractivity contribution is 5.40. The molecule has 0 amide bonds. The number of hydrogen-bond acceptors (Lipinski definition) is 1. The molecule has 12 heavy (non-hydrogen) atoms. The third-order valence-corrected chi connectivity index (χ3v) is 2.55. The fraction of sp³-hybridized carbons (Fsp3) is 0.545. The third-order valence-electron chi connectivity index (χ3n) is 2.55. The van der Waals surface area contributed by atoms with E-state index in [1.165, 1.54) is 5.57 Å². The zero-order valence-electron chi connectivity index (χ0n) is 8.22. The topological polar surface area (TPSA) is 12.4 Å². The summed E-state index contributed by atoms with van der Waals surface area (Å²) in [6, 6.07) is 0. The molecule has 1 heteroatoms. The van der Waals surface area contributed by atoms with E-state index in [1.54, 1.807) is 0 Å². The third kappa shape index (κ3) is 1.50. The van der Waals surface area contributed by atoms with Gasteiger partial charge in [-0.25, -0.2) is 0 Å². The van der Waals surface area contributed by atoms with Gasteiger partial charge in [-0.15, -0.1) is 0 Å². The number of nitrogens with zero attached hydrogens (tertiary/aromatic N) is 1. The molecule has 0 aromatic carbocycles. The lowest BCUT2D eigenvalue weighted by Gasteiger charge is -2.30. The molecule has 0 radical (unpaired) electrons. The molecule has 1 aliphatic rings.